The van der Waals surface area contributed by atoms with Crippen molar-refractivity contribution in [2.75, 3.05) is 31.5 Å². The number of aromatic nitrogens is 1. The second-order valence-corrected chi connectivity index (χ2v) is 8.83. The number of carbonyl (C=O) groups excluding carboxylic acids is 1. The lowest BCUT2D eigenvalue weighted by atomic mass is 10.2. The Balaban J connectivity index is 1.49. The van der Waals surface area contributed by atoms with E-state index >= 15 is 0 Å². The predicted molar refractivity (Wildman–Crippen MR) is 119 cm³/mol. The van der Waals surface area contributed by atoms with Crippen LogP contribution >= 0.6 is 23.1 Å². The molecule has 1 aliphatic rings. The van der Waals surface area contributed by atoms with Crippen LogP contribution in [0.1, 0.15) is 28.8 Å². The van der Waals surface area contributed by atoms with Crippen LogP contribution in [0.4, 0.5) is 18.6 Å². The molecule has 1 fully saturated rings. The number of β-amino-alcohol motifs (C(OH)–C–C–N with tert-alkyl or cyclic N) is 2. The molecule has 2 amide bonds. The van der Waals surface area contributed by atoms with E-state index in [4.69, 9.17) is 16.3 Å². The number of carboxylic acid groups (broad SMARTS) is 1. The number of hydrogen-bond donors (Lipinski definition) is 5. The van der Waals surface area contributed by atoms with E-state index in [-0.39, 0.29) is 10.0 Å². The number of unbranched alkanes of at least 4 members (excludes halogenated alkanes) is 1. The average Bonchev–Trinajstić information content (AvgIpc) is 3.29. The molecule has 10 nitrogen and oxygen atoms in total. The summed E-state index contributed by atoms with van der Waals surface area (Å²) in [7, 11) is 0. The SMILES string of the molecule is O=C(NCCCCN1CC(O)C(O)C1)Nc1snc(OCc2c(F)cc(Cl)cc2F)c1C(=O)O. The molecule has 1 aromatic carbocycles. The Kier molecular flexibility index (Phi) is 8.97. The van der Waals surface area contributed by atoms with Crippen molar-refractivity contribution in [3.63, 3.8) is 0 Å². The van der Waals surface area contributed by atoms with Gasteiger partial charge in [0.1, 0.15) is 23.2 Å². The van der Waals surface area contributed by atoms with Gasteiger partial charge >= 0.3 is 12.0 Å². The largest absolute Gasteiger partial charge is 0.477 e. The predicted octanol–water partition coefficient (Wildman–Crippen LogP) is 2.29. The lowest BCUT2D eigenvalue weighted by molar-refractivity contribution is 0.0572. The number of ether oxygens (including phenoxy) is 1. The van der Waals surface area contributed by atoms with E-state index in [0.29, 0.717) is 44.1 Å². The molecule has 0 aliphatic carbocycles. The molecular formula is C20H23ClF2N4O6S. The molecule has 2 atom stereocenters. The van der Waals surface area contributed by atoms with Gasteiger partial charge < -0.3 is 25.4 Å². The number of urea groups is 1. The Morgan fingerprint density at radius 3 is 2.47 bits per heavy atom. The zero-order valence-corrected chi connectivity index (χ0v) is 19.3. The first-order valence-corrected chi connectivity index (χ1v) is 11.4. The number of nitrogens with zero attached hydrogens (tertiary/aromatic N) is 2. The Hall–Kier alpha value is -2.58. The molecule has 0 bridgehead atoms. The number of hydrogen-bond acceptors (Lipinski definition) is 8. The van der Waals surface area contributed by atoms with E-state index in [2.05, 4.69) is 15.0 Å². The molecule has 0 radical (unpaired) electrons. The van der Waals surface area contributed by atoms with Gasteiger partial charge in [-0.2, -0.15) is 4.37 Å². The number of nitrogens with one attached hydrogen (secondary N) is 2. The van der Waals surface area contributed by atoms with Gasteiger partial charge in [0.05, 0.1) is 17.8 Å². The lowest BCUT2D eigenvalue weighted by Crippen LogP contribution is -2.30. The molecule has 0 saturated carbocycles. The number of carbonyl (C=O) groups is 2. The van der Waals surface area contributed by atoms with Crippen molar-refractivity contribution in [2.45, 2.75) is 31.7 Å². The van der Waals surface area contributed by atoms with Crippen molar-refractivity contribution in [2.24, 2.45) is 0 Å². The molecule has 5 N–H and O–H groups in total. The van der Waals surface area contributed by atoms with E-state index < -0.39 is 59.5 Å². The zero-order valence-electron chi connectivity index (χ0n) is 17.8. The summed E-state index contributed by atoms with van der Waals surface area (Å²) < 4.78 is 36.9. The zero-order chi connectivity index (χ0) is 24.8. The van der Waals surface area contributed by atoms with Gasteiger partial charge in [-0.3, -0.25) is 10.2 Å². The van der Waals surface area contributed by atoms with Crippen LogP contribution in [-0.4, -0.2) is 75.0 Å². The number of amides is 2. The number of rotatable bonds is 10. The van der Waals surface area contributed by atoms with E-state index in [9.17, 15) is 33.7 Å². The third-order valence-electron chi connectivity index (χ3n) is 5.08. The Morgan fingerprint density at radius 2 is 1.85 bits per heavy atom. The van der Waals surface area contributed by atoms with Crippen molar-refractivity contribution < 1.29 is 38.4 Å². The van der Waals surface area contributed by atoms with E-state index in [1.54, 1.807) is 0 Å². The molecule has 34 heavy (non-hydrogen) atoms. The third-order valence-corrected chi connectivity index (χ3v) is 6.05. The van der Waals surface area contributed by atoms with Gasteiger partial charge in [0.15, 0.2) is 5.56 Å². The fraction of sp³-hybridized carbons (Fsp3) is 0.450. The highest BCUT2D eigenvalue weighted by Crippen LogP contribution is 2.31. The first-order valence-electron chi connectivity index (χ1n) is 10.3. The Labute approximate surface area is 202 Å². The van der Waals surface area contributed by atoms with Gasteiger partial charge in [-0.25, -0.2) is 18.4 Å². The number of halogens is 3. The summed E-state index contributed by atoms with van der Waals surface area (Å²) in [5, 5.41) is 33.3. The number of aliphatic hydroxyl groups is 2. The monoisotopic (exact) mass is 520 g/mol. The maximum atomic E-state index is 13.9. The first kappa shape index (κ1) is 26.0. The van der Waals surface area contributed by atoms with E-state index in [0.717, 1.165) is 18.6 Å². The summed E-state index contributed by atoms with van der Waals surface area (Å²) in [4.78, 5) is 25.7. The molecule has 1 saturated heterocycles. The number of likely N-dealkylation sites (tertiary alicyclic amines) is 1. The Morgan fingerprint density at radius 1 is 1.21 bits per heavy atom. The number of aliphatic hydroxyl groups excluding tert-OH is 2. The second-order valence-electron chi connectivity index (χ2n) is 7.62. The van der Waals surface area contributed by atoms with Gasteiger partial charge in [-0.05, 0) is 43.1 Å². The Bertz CT molecular complexity index is 1010. The summed E-state index contributed by atoms with van der Waals surface area (Å²) in [6, 6.07) is 1.15. The minimum atomic E-state index is -1.44. The van der Waals surface area contributed by atoms with Gasteiger partial charge in [0.2, 0.25) is 5.88 Å². The molecule has 3 rings (SSSR count). The summed E-state index contributed by atoms with van der Waals surface area (Å²) >= 11 is 6.23. The standard InChI is InChI=1S/C20H23ClF2N4O6S/c21-10-5-12(22)11(13(23)6-10)9-33-17-16(19(30)31)18(34-26-17)25-20(32)24-3-1-2-4-27-7-14(28)15(29)8-27/h5-6,14-15,28-29H,1-4,7-9H2,(H,30,31)(H2,24,25,32). The van der Waals surface area contributed by atoms with Crippen LogP contribution in [0.2, 0.25) is 5.02 Å². The fourth-order valence-corrected chi connectivity index (χ4v) is 4.25. The normalized spacial score (nSPS) is 18.1. The van der Waals surface area contributed by atoms with Crippen LogP contribution in [0.3, 0.4) is 0 Å². The van der Waals surface area contributed by atoms with Crippen molar-refractivity contribution in [3.05, 3.63) is 39.9 Å². The summed E-state index contributed by atoms with van der Waals surface area (Å²) in [5.74, 6) is -3.73. The van der Waals surface area contributed by atoms with Gasteiger partial charge in [0, 0.05) is 24.7 Å². The highest BCUT2D eigenvalue weighted by Gasteiger charge is 2.28. The maximum Gasteiger partial charge on any atom is 0.344 e. The van der Waals surface area contributed by atoms with Gasteiger partial charge in [0.25, 0.3) is 0 Å². The van der Waals surface area contributed by atoms with Crippen LogP contribution in [0.25, 0.3) is 0 Å². The van der Waals surface area contributed by atoms with Crippen molar-refractivity contribution in [1.82, 2.24) is 14.6 Å². The lowest BCUT2D eigenvalue weighted by Gasteiger charge is -2.14. The molecule has 1 aliphatic heterocycles. The molecule has 14 heteroatoms. The van der Waals surface area contributed by atoms with Crippen molar-refractivity contribution in [3.8, 4) is 5.88 Å². The topological polar surface area (TPSA) is 144 Å². The summed E-state index contributed by atoms with van der Waals surface area (Å²) in [6.45, 7) is 1.14. The third kappa shape index (κ3) is 6.73. The second kappa shape index (κ2) is 11.7. The van der Waals surface area contributed by atoms with Crippen LogP contribution in [0.5, 0.6) is 5.88 Å². The molecule has 1 aromatic heterocycles. The minimum absolute atomic E-state index is 0.0999. The molecule has 186 valence electrons. The smallest absolute Gasteiger partial charge is 0.344 e. The highest BCUT2D eigenvalue weighted by atomic mass is 35.5. The summed E-state index contributed by atoms with van der Waals surface area (Å²) in [6.07, 6.45) is -0.150. The quantitative estimate of drug-likeness (QED) is 0.300. The molecule has 2 unspecified atom stereocenters. The molecule has 0 spiro atoms. The first-order chi connectivity index (χ1) is 16.2. The minimum Gasteiger partial charge on any atom is -0.477 e. The number of anilines is 1. The van der Waals surface area contributed by atoms with Crippen LogP contribution in [-0.2, 0) is 6.61 Å². The van der Waals surface area contributed by atoms with Gasteiger partial charge in [-0.15, -0.1) is 0 Å². The van der Waals surface area contributed by atoms with Gasteiger partial charge in [-0.1, -0.05) is 11.6 Å². The molecule has 2 heterocycles. The van der Waals surface area contributed by atoms with Crippen LogP contribution < -0.4 is 15.4 Å². The van der Waals surface area contributed by atoms with Crippen LogP contribution in [0, 0.1) is 11.6 Å². The highest BCUT2D eigenvalue weighted by molar-refractivity contribution is 7.11. The molecule has 2 aromatic rings. The van der Waals surface area contributed by atoms with E-state index in [1.807, 2.05) is 4.90 Å². The number of carboxylic acids is 1. The van der Waals surface area contributed by atoms with E-state index in [1.165, 1.54) is 0 Å². The number of aromatic carboxylic acids is 1. The van der Waals surface area contributed by atoms with Crippen LogP contribution in [0.15, 0.2) is 12.1 Å². The van der Waals surface area contributed by atoms with Crippen molar-refractivity contribution in [1.29, 1.82) is 0 Å². The number of benzene rings is 1. The molecular weight excluding hydrogens is 498 g/mol. The fourth-order valence-electron chi connectivity index (χ4n) is 3.34. The average molecular weight is 521 g/mol. The van der Waals surface area contributed by atoms with Crippen molar-refractivity contribution >= 4 is 40.1 Å². The maximum absolute atomic E-state index is 13.9. The summed E-state index contributed by atoms with van der Waals surface area (Å²) in [5.41, 5.74) is -0.889.